The highest BCUT2D eigenvalue weighted by Gasteiger charge is 2.26. The number of hydrogen-bond donors (Lipinski definition) is 1. The van der Waals surface area contributed by atoms with Crippen LogP contribution in [-0.2, 0) is 0 Å². The summed E-state index contributed by atoms with van der Waals surface area (Å²) in [4.78, 5) is 28.2. The third-order valence-electron chi connectivity index (χ3n) is 5.04. The van der Waals surface area contributed by atoms with Gasteiger partial charge in [-0.2, -0.15) is 0 Å². The standard InChI is InChI=1S/C22H21FN2O3S/c1-14-6-7-18(28-14)21(26)24-15-10-12-25(13-11-15)22(27)20-9-8-19(29-20)16-4-2-3-5-17(16)23/h2-9,15H,10-13H2,1H3,(H,24,26). The van der Waals surface area contributed by atoms with Crippen molar-refractivity contribution in [3.8, 4) is 10.4 Å². The number of thiophene rings is 1. The summed E-state index contributed by atoms with van der Waals surface area (Å²) in [5.74, 6) is 0.429. The first kappa shape index (κ1) is 19.4. The Kier molecular flexibility index (Phi) is 5.49. The summed E-state index contributed by atoms with van der Waals surface area (Å²) in [5, 5.41) is 2.97. The van der Waals surface area contributed by atoms with E-state index in [4.69, 9.17) is 4.42 Å². The number of nitrogens with one attached hydrogen (secondary N) is 1. The highest BCUT2D eigenvalue weighted by Crippen LogP contribution is 2.31. The van der Waals surface area contributed by atoms with Crippen LogP contribution in [0.15, 0.2) is 52.9 Å². The molecule has 4 rings (SSSR count). The number of aryl methyl sites for hydroxylation is 1. The second-order valence-electron chi connectivity index (χ2n) is 7.09. The predicted molar refractivity (Wildman–Crippen MR) is 110 cm³/mol. The minimum atomic E-state index is -0.295. The van der Waals surface area contributed by atoms with Gasteiger partial charge < -0.3 is 14.6 Å². The monoisotopic (exact) mass is 412 g/mol. The van der Waals surface area contributed by atoms with Crippen LogP contribution >= 0.6 is 11.3 Å². The summed E-state index contributed by atoms with van der Waals surface area (Å²) < 4.78 is 19.3. The number of likely N-dealkylation sites (tertiary alicyclic amines) is 1. The Bertz CT molecular complexity index is 1030. The molecule has 0 bridgehead atoms. The summed E-state index contributed by atoms with van der Waals surface area (Å²) in [7, 11) is 0. The lowest BCUT2D eigenvalue weighted by Gasteiger charge is -2.32. The molecule has 0 spiro atoms. The van der Waals surface area contributed by atoms with E-state index in [-0.39, 0.29) is 23.7 Å². The van der Waals surface area contributed by atoms with Crippen molar-refractivity contribution in [2.45, 2.75) is 25.8 Å². The van der Waals surface area contributed by atoms with E-state index >= 15 is 0 Å². The highest BCUT2D eigenvalue weighted by molar-refractivity contribution is 7.17. The normalized spacial score (nSPS) is 14.8. The molecule has 1 aliphatic rings. The third kappa shape index (κ3) is 4.24. The molecule has 2 aromatic heterocycles. The van der Waals surface area contributed by atoms with Crippen LogP contribution in [0.5, 0.6) is 0 Å². The molecule has 1 aliphatic heterocycles. The molecule has 3 heterocycles. The molecule has 7 heteroatoms. The fourth-order valence-corrected chi connectivity index (χ4v) is 4.46. The summed E-state index contributed by atoms with van der Waals surface area (Å²) in [6, 6.07) is 13.5. The van der Waals surface area contributed by atoms with Gasteiger partial charge in [0.1, 0.15) is 11.6 Å². The average Bonchev–Trinajstić information content (AvgIpc) is 3.38. The van der Waals surface area contributed by atoms with Crippen LogP contribution in [0.3, 0.4) is 0 Å². The van der Waals surface area contributed by atoms with E-state index < -0.39 is 0 Å². The van der Waals surface area contributed by atoms with Gasteiger partial charge in [-0.25, -0.2) is 4.39 Å². The number of rotatable bonds is 4. The fourth-order valence-electron chi connectivity index (χ4n) is 3.45. The summed E-state index contributed by atoms with van der Waals surface area (Å²) in [6.45, 7) is 2.92. The van der Waals surface area contributed by atoms with Gasteiger partial charge in [0.05, 0.1) is 4.88 Å². The topological polar surface area (TPSA) is 62.6 Å². The molecule has 29 heavy (non-hydrogen) atoms. The Morgan fingerprint density at radius 2 is 1.86 bits per heavy atom. The maximum absolute atomic E-state index is 14.0. The smallest absolute Gasteiger partial charge is 0.287 e. The molecule has 3 aromatic rings. The zero-order valence-electron chi connectivity index (χ0n) is 16.0. The lowest BCUT2D eigenvalue weighted by molar-refractivity contribution is 0.0700. The number of benzene rings is 1. The van der Waals surface area contributed by atoms with E-state index in [0.29, 0.717) is 47.9 Å². The van der Waals surface area contributed by atoms with E-state index in [0.717, 1.165) is 4.88 Å². The van der Waals surface area contributed by atoms with E-state index in [9.17, 15) is 14.0 Å². The van der Waals surface area contributed by atoms with Crippen LogP contribution in [0.4, 0.5) is 4.39 Å². The predicted octanol–water partition coefficient (Wildman–Crippen LogP) is 4.49. The minimum Gasteiger partial charge on any atom is -0.456 e. The van der Waals surface area contributed by atoms with Gasteiger partial charge in [-0.05, 0) is 50.1 Å². The molecule has 5 nitrogen and oxygen atoms in total. The van der Waals surface area contributed by atoms with E-state index in [1.165, 1.54) is 17.4 Å². The van der Waals surface area contributed by atoms with Gasteiger partial charge in [-0.3, -0.25) is 9.59 Å². The van der Waals surface area contributed by atoms with Crippen molar-refractivity contribution in [2.24, 2.45) is 0 Å². The SMILES string of the molecule is Cc1ccc(C(=O)NC2CCN(C(=O)c3ccc(-c4ccccc4F)s3)CC2)o1. The molecular formula is C22H21FN2O3S. The molecule has 2 amide bonds. The third-order valence-corrected chi connectivity index (χ3v) is 6.14. The Hall–Kier alpha value is -2.93. The van der Waals surface area contributed by atoms with Crippen LogP contribution in [0.2, 0.25) is 0 Å². The molecule has 1 N–H and O–H groups in total. The highest BCUT2D eigenvalue weighted by atomic mass is 32.1. The van der Waals surface area contributed by atoms with Gasteiger partial charge >= 0.3 is 0 Å². The fraction of sp³-hybridized carbons (Fsp3) is 0.273. The number of halogens is 1. The number of furan rings is 1. The zero-order chi connectivity index (χ0) is 20.4. The molecule has 0 aliphatic carbocycles. The van der Waals surface area contributed by atoms with Crippen LogP contribution in [0.25, 0.3) is 10.4 Å². The Labute approximate surface area is 172 Å². The lowest BCUT2D eigenvalue weighted by Crippen LogP contribution is -2.46. The van der Waals surface area contributed by atoms with Crippen LogP contribution in [0.1, 0.15) is 38.8 Å². The number of piperidine rings is 1. The molecule has 1 aromatic carbocycles. The van der Waals surface area contributed by atoms with Gasteiger partial charge in [0.25, 0.3) is 11.8 Å². The number of carbonyl (C=O) groups is 2. The van der Waals surface area contributed by atoms with Crippen molar-refractivity contribution in [1.82, 2.24) is 10.2 Å². The van der Waals surface area contributed by atoms with Gasteiger partial charge in [0.2, 0.25) is 0 Å². The van der Waals surface area contributed by atoms with Crippen molar-refractivity contribution in [1.29, 1.82) is 0 Å². The molecule has 1 saturated heterocycles. The Morgan fingerprint density at radius 3 is 2.55 bits per heavy atom. The van der Waals surface area contributed by atoms with Crippen LogP contribution in [-0.4, -0.2) is 35.8 Å². The molecule has 150 valence electrons. The molecule has 0 unspecified atom stereocenters. The number of amides is 2. The maximum Gasteiger partial charge on any atom is 0.287 e. The summed E-state index contributed by atoms with van der Waals surface area (Å²) in [6.07, 6.45) is 1.37. The summed E-state index contributed by atoms with van der Waals surface area (Å²) >= 11 is 1.30. The number of nitrogens with zero attached hydrogens (tertiary/aromatic N) is 1. The molecule has 0 saturated carbocycles. The van der Waals surface area contributed by atoms with Crippen molar-refractivity contribution in [2.75, 3.05) is 13.1 Å². The Balaban J connectivity index is 1.35. The van der Waals surface area contributed by atoms with Crippen LogP contribution in [0, 0.1) is 12.7 Å². The van der Waals surface area contributed by atoms with Gasteiger partial charge in [0, 0.05) is 29.6 Å². The molecule has 1 fully saturated rings. The first-order chi connectivity index (χ1) is 14.0. The molecule has 0 radical (unpaired) electrons. The Morgan fingerprint density at radius 1 is 1.10 bits per heavy atom. The van der Waals surface area contributed by atoms with E-state index in [2.05, 4.69) is 5.32 Å². The quantitative estimate of drug-likeness (QED) is 0.687. The zero-order valence-corrected chi connectivity index (χ0v) is 16.8. The van der Waals surface area contributed by atoms with E-state index in [1.54, 1.807) is 54.3 Å². The minimum absolute atomic E-state index is 0.00858. The van der Waals surface area contributed by atoms with Gasteiger partial charge in [-0.1, -0.05) is 18.2 Å². The number of carbonyl (C=O) groups excluding carboxylic acids is 2. The van der Waals surface area contributed by atoms with Crippen molar-refractivity contribution in [3.63, 3.8) is 0 Å². The van der Waals surface area contributed by atoms with Crippen molar-refractivity contribution >= 4 is 23.2 Å². The summed E-state index contributed by atoms with van der Waals surface area (Å²) in [5.41, 5.74) is 0.506. The molecule has 0 atom stereocenters. The second-order valence-corrected chi connectivity index (χ2v) is 8.18. The van der Waals surface area contributed by atoms with Gasteiger partial charge in [-0.15, -0.1) is 11.3 Å². The van der Waals surface area contributed by atoms with Gasteiger partial charge in [0.15, 0.2) is 5.76 Å². The molecular weight excluding hydrogens is 391 g/mol. The maximum atomic E-state index is 14.0. The first-order valence-corrected chi connectivity index (χ1v) is 10.3. The lowest BCUT2D eigenvalue weighted by atomic mass is 10.0. The largest absolute Gasteiger partial charge is 0.456 e. The van der Waals surface area contributed by atoms with Crippen molar-refractivity contribution < 1.29 is 18.4 Å². The number of hydrogen-bond acceptors (Lipinski definition) is 4. The van der Waals surface area contributed by atoms with E-state index in [1.807, 2.05) is 0 Å². The van der Waals surface area contributed by atoms with Crippen molar-refractivity contribution in [3.05, 3.63) is 70.7 Å². The van der Waals surface area contributed by atoms with Crippen LogP contribution < -0.4 is 5.32 Å². The average molecular weight is 412 g/mol. The second kappa shape index (κ2) is 8.21. The first-order valence-electron chi connectivity index (χ1n) is 9.52.